The Labute approximate surface area is 135 Å². The molecule has 2 saturated carbocycles. The van der Waals surface area contributed by atoms with Crippen molar-refractivity contribution in [3.05, 3.63) is 0 Å². The molecular formula is C15H24F3N3S. The summed E-state index contributed by atoms with van der Waals surface area (Å²) in [5.74, 6) is 1.63. The van der Waals surface area contributed by atoms with Gasteiger partial charge in [-0.05, 0) is 56.2 Å². The van der Waals surface area contributed by atoms with E-state index < -0.39 is 12.7 Å². The number of rotatable bonds is 3. The average molecular weight is 335 g/mol. The first-order valence-electron chi connectivity index (χ1n) is 8.25. The van der Waals surface area contributed by atoms with Gasteiger partial charge in [0.15, 0.2) is 5.11 Å². The summed E-state index contributed by atoms with van der Waals surface area (Å²) in [6, 6.07) is 0.701. The number of nitrogens with zero attached hydrogens (tertiary/aromatic N) is 1. The van der Waals surface area contributed by atoms with E-state index in [1.54, 1.807) is 0 Å². The Bertz CT molecular complexity index is 407. The van der Waals surface area contributed by atoms with E-state index >= 15 is 0 Å². The Kier molecular flexibility index (Phi) is 4.83. The predicted octanol–water partition coefficient (Wildman–Crippen LogP) is 2.67. The summed E-state index contributed by atoms with van der Waals surface area (Å²) in [5, 5.41) is 7.42. The zero-order chi connectivity index (χ0) is 15.7. The van der Waals surface area contributed by atoms with Crippen molar-refractivity contribution in [2.45, 2.75) is 56.8 Å². The molecule has 2 aliphatic carbocycles. The Morgan fingerprint density at radius 1 is 1.05 bits per heavy atom. The first kappa shape index (κ1) is 16.3. The molecule has 2 bridgehead atoms. The van der Waals surface area contributed by atoms with E-state index in [1.165, 1.54) is 30.6 Å². The summed E-state index contributed by atoms with van der Waals surface area (Å²) in [5.41, 5.74) is 0. The second kappa shape index (κ2) is 6.51. The number of piperidine rings is 1. The number of thiocarbonyl (C=S) groups is 1. The van der Waals surface area contributed by atoms with Gasteiger partial charge >= 0.3 is 6.18 Å². The molecule has 2 N–H and O–H groups in total. The highest BCUT2D eigenvalue weighted by atomic mass is 32.1. The van der Waals surface area contributed by atoms with Crippen molar-refractivity contribution in [2.75, 3.05) is 19.6 Å². The van der Waals surface area contributed by atoms with Crippen molar-refractivity contribution in [3.63, 3.8) is 0 Å². The number of alkyl halides is 3. The fraction of sp³-hybridized carbons (Fsp3) is 0.933. The van der Waals surface area contributed by atoms with Crippen molar-refractivity contribution in [2.24, 2.45) is 11.8 Å². The maximum atomic E-state index is 12.4. The van der Waals surface area contributed by atoms with Crippen LogP contribution >= 0.6 is 12.2 Å². The van der Waals surface area contributed by atoms with Gasteiger partial charge in [-0.2, -0.15) is 13.2 Å². The molecule has 3 aliphatic rings. The van der Waals surface area contributed by atoms with Gasteiger partial charge in [0.1, 0.15) is 0 Å². The molecule has 0 amide bonds. The Hall–Kier alpha value is -0.560. The molecule has 126 valence electrons. The lowest BCUT2D eigenvalue weighted by atomic mass is 9.95. The van der Waals surface area contributed by atoms with E-state index in [9.17, 15) is 13.2 Å². The number of likely N-dealkylation sites (tertiary alicyclic amines) is 1. The Morgan fingerprint density at radius 2 is 1.77 bits per heavy atom. The highest BCUT2D eigenvalue weighted by molar-refractivity contribution is 7.80. The summed E-state index contributed by atoms with van der Waals surface area (Å²) in [6.45, 7) is 0.162. The van der Waals surface area contributed by atoms with Crippen LogP contribution in [0.5, 0.6) is 0 Å². The summed E-state index contributed by atoms with van der Waals surface area (Å²) < 4.78 is 37.1. The van der Waals surface area contributed by atoms with Crippen LogP contribution in [0.1, 0.15) is 38.5 Å². The number of fused-ring (bicyclic) bond motifs is 2. The molecule has 0 radical (unpaired) electrons. The average Bonchev–Trinajstić information content (AvgIpc) is 3.01. The molecule has 1 heterocycles. The third-order valence-electron chi connectivity index (χ3n) is 5.38. The first-order chi connectivity index (χ1) is 10.4. The highest BCUT2D eigenvalue weighted by Gasteiger charge is 2.40. The Balaban J connectivity index is 1.36. The molecule has 0 aromatic heterocycles. The second-order valence-corrected chi connectivity index (χ2v) is 7.47. The van der Waals surface area contributed by atoms with Crippen LogP contribution in [0.4, 0.5) is 13.2 Å². The molecule has 1 aliphatic heterocycles. The van der Waals surface area contributed by atoms with Gasteiger partial charge in [-0.1, -0.05) is 6.42 Å². The minimum absolute atomic E-state index is 0.197. The van der Waals surface area contributed by atoms with Crippen molar-refractivity contribution in [3.8, 4) is 0 Å². The van der Waals surface area contributed by atoms with E-state index in [4.69, 9.17) is 12.2 Å². The van der Waals surface area contributed by atoms with Crippen LogP contribution in [0.3, 0.4) is 0 Å². The van der Waals surface area contributed by atoms with E-state index in [1.807, 2.05) is 0 Å². The third kappa shape index (κ3) is 4.25. The fourth-order valence-electron chi connectivity index (χ4n) is 4.31. The van der Waals surface area contributed by atoms with E-state index in [-0.39, 0.29) is 6.04 Å². The summed E-state index contributed by atoms with van der Waals surface area (Å²) in [7, 11) is 0. The molecule has 3 nitrogen and oxygen atoms in total. The fourth-order valence-corrected chi connectivity index (χ4v) is 4.62. The van der Waals surface area contributed by atoms with Crippen LogP contribution in [-0.2, 0) is 0 Å². The molecular weight excluding hydrogens is 311 g/mol. The van der Waals surface area contributed by atoms with E-state index in [0.717, 1.165) is 11.8 Å². The van der Waals surface area contributed by atoms with E-state index in [2.05, 4.69) is 10.6 Å². The predicted molar refractivity (Wildman–Crippen MR) is 83.6 cm³/mol. The van der Waals surface area contributed by atoms with Gasteiger partial charge in [-0.25, -0.2) is 0 Å². The molecule has 22 heavy (non-hydrogen) atoms. The lowest BCUT2D eigenvalue weighted by Crippen LogP contribution is -2.51. The number of hydrogen-bond donors (Lipinski definition) is 2. The largest absolute Gasteiger partial charge is 0.401 e. The smallest absolute Gasteiger partial charge is 0.360 e. The number of hydrogen-bond acceptors (Lipinski definition) is 2. The molecule has 3 fully saturated rings. The van der Waals surface area contributed by atoms with Crippen LogP contribution in [-0.4, -0.2) is 47.9 Å². The Morgan fingerprint density at radius 3 is 2.32 bits per heavy atom. The topological polar surface area (TPSA) is 27.3 Å². The molecule has 0 unspecified atom stereocenters. The van der Waals surface area contributed by atoms with Crippen LogP contribution in [0.25, 0.3) is 0 Å². The standard InChI is InChI=1S/C15H24F3N3S/c16-15(17,18)9-21-5-3-12(4-6-21)19-14(22)20-13-8-10-1-2-11(13)7-10/h10-13H,1-9H2,(H2,19,20,22)/t10-,11-,13+/m0/s1. The maximum absolute atomic E-state index is 12.4. The summed E-state index contributed by atoms with van der Waals surface area (Å²) in [4.78, 5) is 1.48. The molecule has 3 rings (SSSR count). The van der Waals surface area contributed by atoms with Gasteiger partial charge in [-0.15, -0.1) is 0 Å². The van der Waals surface area contributed by atoms with Gasteiger partial charge in [-0.3, -0.25) is 4.90 Å². The molecule has 7 heteroatoms. The molecule has 3 atom stereocenters. The first-order valence-corrected chi connectivity index (χ1v) is 8.66. The van der Waals surface area contributed by atoms with Gasteiger partial charge in [0, 0.05) is 25.2 Å². The van der Waals surface area contributed by atoms with Crippen LogP contribution in [0, 0.1) is 11.8 Å². The lowest BCUT2D eigenvalue weighted by Gasteiger charge is -2.34. The number of halogens is 3. The summed E-state index contributed by atoms with van der Waals surface area (Å²) in [6.07, 6.45) is 2.55. The third-order valence-corrected chi connectivity index (χ3v) is 5.62. The molecule has 0 spiro atoms. The van der Waals surface area contributed by atoms with Crippen molar-refractivity contribution >= 4 is 17.3 Å². The maximum Gasteiger partial charge on any atom is 0.401 e. The zero-order valence-corrected chi connectivity index (χ0v) is 13.5. The van der Waals surface area contributed by atoms with Gasteiger partial charge in [0.2, 0.25) is 0 Å². The van der Waals surface area contributed by atoms with Gasteiger partial charge in [0.25, 0.3) is 0 Å². The summed E-state index contributed by atoms with van der Waals surface area (Å²) >= 11 is 5.39. The molecule has 0 aromatic carbocycles. The monoisotopic (exact) mass is 335 g/mol. The van der Waals surface area contributed by atoms with E-state index in [0.29, 0.717) is 37.1 Å². The van der Waals surface area contributed by atoms with Crippen LogP contribution in [0.15, 0.2) is 0 Å². The molecule has 1 saturated heterocycles. The highest BCUT2D eigenvalue weighted by Crippen LogP contribution is 2.44. The zero-order valence-electron chi connectivity index (χ0n) is 12.7. The van der Waals surface area contributed by atoms with Crippen molar-refractivity contribution < 1.29 is 13.2 Å². The quantitative estimate of drug-likeness (QED) is 0.776. The minimum atomic E-state index is -4.10. The number of nitrogens with one attached hydrogen (secondary N) is 2. The van der Waals surface area contributed by atoms with Crippen LogP contribution < -0.4 is 10.6 Å². The molecule has 0 aromatic rings. The van der Waals surface area contributed by atoms with Gasteiger partial charge < -0.3 is 10.6 Å². The van der Waals surface area contributed by atoms with Crippen molar-refractivity contribution in [1.82, 2.24) is 15.5 Å². The SMILES string of the molecule is FC(F)(F)CN1CCC(NC(=S)N[C@@H]2C[C@H]3CC[C@H]2C3)CC1. The van der Waals surface area contributed by atoms with Crippen molar-refractivity contribution in [1.29, 1.82) is 0 Å². The second-order valence-electron chi connectivity index (χ2n) is 7.06. The van der Waals surface area contributed by atoms with Crippen LogP contribution in [0.2, 0.25) is 0 Å². The normalized spacial score (nSPS) is 33.1. The van der Waals surface area contributed by atoms with Gasteiger partial charge in [0.05, 0.1) is 6.54 Å². The lowest BCUT2D eigenvalue weighted by molar-refractivity contribution is -0.148. The minimum Gasteiger partial charge on any atom is -0.360 e.